The van der Waals surface area contributed by atoms with Gasteiger partial charge in [0, 0.05) is 38.6 Å². The lowest BCUT2D eigenvalue weighted by atomic mass is 9.83. The summed E-state index contributed by atoms with van der Waals surface area (Å²) in [6, 6.07) is 0. The number of aromatic nitrogens is 2. The smallest absolute Gasteiger partial charge is 0.122 e. The van der Waals surface area contributed by atoms with Gasteiger partial charge in [-0.05, 0) is 24.8 Å². The molecule has 0 saturated carbocycles. The Morgan fingerprint density at radius 1 is 1.47 bits per heavy atom. The fourth-order valence-electron chi connectivity index (χ4n) is 3.18. The zero-order valence-corrected chi connectivity index (χ0v) is 10.7. The van der Waals surface area contributed by atoms with E-state index in [0.29, 0.717) is 5.41 Å². The Bertz CT molecular complexity index is 379. The third-order valence-electron chi connectivity index (χ3n) is 4.46. The summed E-state index contributed by atoms with van der Waals surface area (Å²) >= 11 is 0. The van der Waals surface area contributed by atoms with Gasteiger partial charge in [-0.25, -0.2) is 4.98 Å². The summed E-state index contributed by atoms with van der Waals surface area (Å²) in [4.78, 5) is 7.02. The summed E-state index contributed by atoms with van der Waals surface area (Å²) in [7, 11) is 0. The minimum absolute atomic E-state index is 0.509. The van der Waals surface area contributed by atoms with E-state index in [0.717, 1.165) is 13.1 Å². The third kappa shape index (κ3) is 2.11. The average Bonchev–Trinajstić information content (AvgIpc) is 2.97. The lowest BCUT2D eigenvalue weighted by Crippen LogP contribution is -2.42. The second-order valence-corrected chi connectivity index (χ2v) is 5.53. The Kier molecular flexibility index (Phi) is 2.92. The van der Waals surface area contributed by atoms with Gasteiger partial charge in [0.15, 0.2) is 0 Å². The maximum Gasteiger partial charge on any atom is 0.122 e. The number of fused-ring (bicyclic) bond motifs is 1. The highest BCUT2D eigenvalue weighted by Gasteiger charge is 2.34. The van der Waals surface area contributed by atoms with Crippen LogP contribution in [-0.2, 0) is 13.1 Å². The van der Waals surface area contributed by atoms with Gasteiger partial charge in [0.1, 0.15) is 5.82 Å². The van der Waals surface area contributed by atoms with Gasteiger partial charge in [0.05, 0.1) is 6.54 Å². The van der Waals surface area contributed by atoms with E-state index in [2.05, 4.69) is 32.9 Å². The first-order valence-corrected chi connectivity index (χ1v) is 6.74. The molecule has 1 N–H and O–H groups in total. The first-order chi connectivity index (χ1) is 8.31. The summed E-state index contributed by atoms with van der Waals surface area (Å²) in [6.07, 6.45) is 6.63. The normalized spacial score (nSPS) is 29.5. The molecule has 94 valence electrons. The van der Waals surface area contributed by atoms with Crippen molar-refractivity contribution in [3.8, 4) is 0 Å². The summed E-state index contributed by atoms with van der Waals surface area (Å²) < 4.78 is 2.28. The predicted octanol–water partition coefficient (Wildman–Crippen LogP) is 1.09. The van der Waals surface area contributed by atoms with Crippen LogP contribution in [0.15, 0.2) is 12.4 Å². The molecule has 1 aromatic heterocycles. The molecule has 1 fully saturated rings. The molecule has 0 amide bonds. The number of imidazole rings is 1. The van der Waals surface area contributed by atoms with Gasteiger partial charge in [0.25, 0.3) is 0 Å². The van der Waals surface area contributed by atoms with E-state index < -0.39 is 0 Å². The molecule has 1 saturated heterocycles. The quantitative estimate of drug-likeness (QED) is 0.850. The van der Waals surface area contributed by atoms with Gasteiger partial charge in [-0.1, -0.05) is 6.92 Å². The molecule has 1 aromatic rings. The summed E-state index contributed by atoms with van der Waals surface area (Å²) in [5.74, 6) is 1.23. The fraction of sp³-hybridized carbons (Fsp3) is 0.769. The van der Waals surface area contributed by atoms with Crippen molar-refractivity contribution in [3.63, 3.8) is 0 Å². The summed E-state index contributed by atoms with van der Waals surface area (Å²) in [5.41, 5.74) is 0.509. The van der Waals surface area contributed by atoms with E-state index in [9.17, 15) is 0 Å². The number of nitrogens with one attached hydrogen (secondary N) is 1. The fourth-order valence-corrected chi connectivity index (χ4v) is 3.18. The highest BCUT2D eigenvalue weighted by molar-refractivity contribution is 4.97. The van der Waals surface area contributed by atoms with Crippen LogP contribution in [0.2, 0.25) is 0 Å². The zero-order chi connectivity index (χ0) is 11.7. The Labute approximate surface area is 103 Å². The molecule has 0 radical (unpaired) electrons. The largest absolute Gasteiger partial charge is 0.333 e. The van der Waals surface area contributed by atoms with Crippen LogP contribution in [0, 0.1) is 5.41 Å². The van der Waals surface area contributed by atoms with Crippen LogP contribution in [0.25, 0.3) is 0 Å². The van der Waals surface area contributed by atoms with E-state index in [1.807, 2.05) is 6.20 Å². The van der Waals surface area contributed by atoms with Crippen LogP contribution in [0.5, 0.6) is 0 Å². The highest BCUT2D eigenvalue weighted by Crippen LogP contribution is 2.31. The van der Waals surface area contributed by atoms with Gasteiger partial charge in [-0.2, -0.15) is 0 Å². The standard InChI is InChI=1S/C13H22N4/c1-2-13(3-4-14-10-13)11-16-7-8-17-6-5-15-12(17)9-16/h5-6,14H,2-4,7-11H2,1H3. The van der Waals surface area contributed by atoms with Crippen molar-refractivity contribution >= 4 is 0 Å². The van der Waals surface area contributed by atoms with Crippen molar-refractivity contribution in [2.45, 2.75) is 32.9 Å². The minimum atomic E-state index is 0.509. The van der Waals surface area contributed by atoms with E-state index in [-0.39, 0.29) is 0 Å². The zero-order valence-electron chi connectivity index (χ0n) is 10.7. The molecule has 3 rings (SSSR count). The lowest BCUT2D eigenvalue weighted by molar-refractivity contribution is 0.129. The van der Waals surface area contributed by atoms with Crippen molar-refractivity contribution in [3.05, 3.63) is 18.2 Å². The number of rotatable bonds is 3. The molecule has 4 heteroatoms. The lowest BCUT2D eigenvalue weighted by Gasteiger charge is -2.36. The van der Waals surface area contributed by atoms with Crippen molar-refractivity contribution in [2.75, 3.05) is 26.2 Å². The molecular weight excluding hydrogens is 212 g/mol. The molecule has 1 unspecified atom stereocenters. The second-order valence-electron chi connectivity index (χ2n) is 5.53. The minimum Gasteiger partial charge on any atom is -0.333 e. The second kappa shape index (κ2) is 4.42. The molecule has 3 heterocycles. The predicted molar refractivity (Wildman–Crippen MR) is 67.7 cm³/mol. The van der Waals surface area contributed by atoms with Gasteiger partial charge in [0.2, 0.25) is 0 Å². The SMILES string of the molecule is CCC1(CN2CCn3ccnc3C2)CCNC1. The monoisotopic (exact) mass is 234 g/mol. The van der Waals surface area contributed by atoms with Crippen molar-refractivity contribution in [1.29, 1.82) is 0 Å². The van der Waals surface area contributed by atoms with Crippen LogP contribution in [0.4, 0.5) is 0 Å². The average molecular weight is 234 g/mol. The molecule has 0 bridgehead atoms. The molecule has 2 aliphatic heterocycles. The first-order valence-electron chi connectivity index (χ1n) is 6.74. The van der Waals surface area contributed by atoms with Crippen LogP contribution < -0.4 is 5.32 Å². The van der Waals surface area contributed by atoms with E-state index in [1.165, 1.54) is 44.8 Å². The Morgan fingerprint density at radius 3 is 3.18 bits per heavy atom. The van der Waals surface area contributed by atoms with Gasteiger partial charge in [-0.15, -0.1) is 0 Å². The molecule has 0 aliphatic carbocycles. The maximum absolute atomic E-state index is 4.44. The van der Waals surface area contributed by atoms with Crippen LogP contribution in [-0.4, -0.2) is 40.6 Å². The third-order valence-corrected chi connectivity index (χ3v) is 4.46. The Balaban J connectivity index is 1.67. The summed E-state index contributed by atoms with van der Waals surface area (Å²) in [6.45, 7) is 9.23. The van der Waals surface area contributed by atoms with Crippen molar-refractivity contribution in [2.24, 2.45) is 5.41 Å². The number of hydrogen-bond donors (Lipinski definition) is 1. The van der Waals surface area contributed by atoms with Gasteiger partial charge < -0.3 is 9.88 Å². The van der Waals surface area contributed by atoms with E-state index >= 15 is 0 Å². The van der Waals surface area contributed by atoms with Crippen LogP contribution >= 0.6 is 0 Å². The molecule has 0 spiro atoms. The first kappa shape index (κ1) is 11.2. The van der Waals surface area contributed by atoms with Gasteiger partial charge in [-0.3, -0.25) is 4.90 Å². The van der Waals surface area contributed by atoms with Crippen molar-refractivity contribution < 1.29 is 0 Å². The Hall–Kier alpha value is -0.870. The number of nitrogens with zero attached hydrogens (tertiary/aromatic N) is 3. The molecule has 1 atom stereocenters. The van der Waals surface area contributed by atoms with Crippen molar-refractivity contribution in [1.82, 2.24) is 19.8 Å². The molecule has 0 aromatic carbocycles. The maximum atomic E-state index is 4.44. The van der Waals surface area contributed by atoms with E-state index in [1.54, 1.807) is 0 Å². The number of hydrogen-bond acceptors (Lipinski definition) is 3. The molecule has 2 aliphatic rings. The highest BCUT2D eigenvalue weighted by atomic mass is 15.2. The molecule has 17 heavy (non-hydrogen) atoms. The van der Waals surface area contributed by atoms with Crippen LogP contribution in [0.3, 0.4) is 0 Å². The Morgan fingerprint density at radius 2 is 2.41 bits per heavy atom. The van der Waals surface area contributed by atoms with Crippen LogP contribution in [0.1, 0.15) is 25.6 Å². The topological polar surface area (TPSA) is 33.1 Å². The van der Waals surface area contributed by atoms with Gasteiger partial charge >= 0.3 is 0 Å². The summed E-state index contributed by atoms with van der Waals surface area (Å²) in [5, 5.41) is 3.52. The van der Waals surface area contributed by atoms with E-state index in [4.69, 9.17) is 0 Å². The molecular formula is C13H22N4. The molecule has 4 nitrogen and oxygen atoms in total.